The van der Waals surface area contributed by atoms with E-state index in [1.165, 1.54) is 5.56 Å². The van der Waals surface area contributed by atoms with E-state index in [2.05, 4.69) is 28.1 Å². The summed E-state index contributed by atoms with van der Waals surface area (Å²) in [5.41, 5.74) is 5.52. The fourth-order valence-electron chi connectivity index (χ4n) is 3.84. The van der Waals surface area contributed by atoms with Gasteiger partial charge in [0, 0.05) is 28.7 Å². The molecule has 0 amide bonds. The first-order valence-electron chi connectivity index (χ1n) is 10.4. The molecule has 0 bridgehead atoms. The van der Waals surface area contributed by atoms with Gasteiger partial charge < -0.3 is 18.9 Å². The fourth-order valence-corrected chi connectivity index (χ4v) is 4.31. The van der Waals surface area contributed by atoms with E-state index in [4.69, 9.17) is 23.9 Å². The van der Waals surface area contributed by atoms with Gasteiger partial charge in [-0.15, -0.1) is 12.4 Å². The molecule has 1 heterocycles. The Balaban J connectivity index is 0.00000306. The predicted octanol–water partition coefficient (Wildman–Crippen LogP) is 6.06. The highest BCUT2D eigenvalue weighted by Crippen LogP contribution is 2.36. The zero-order chi connectivity index (χ0) is 22.5. The van der Waals surface area contributed by atoms with E-state index in [9.17, 15) is 0 Å². The van der Waals surface area contributed by atoms with E-state index in [0.717, 1.165) is 51.3 Å². The Hall–Kier alpha value is -2.70. The summed E-state index contributed by atoms with van der Waals surface area (Å²) < 4.78 is 23.6. The lowest BCUT2D eigenvalue weighted by Crippen LogP contribution is -2.16. The van der Waals surface area contributed by atoms with Crippen LogP contribution in [0, 0.1) is 0 Å². The van der Waals surface area contributed by atoms with Crippen molar-refractivity contribution in [3.8, 4) is 23.0 Å². The van der Waals surface area contributed by atoms with E-state index in [1.807, 2.05) is 42.5 Å². The fraction of sp³-hybridized carbons (Fsp3) is 0.269. The molecular formula is C26H27BrClNO4. The van der Waals surface area contributed by atoms with Gasteiger partial charge in [-0.3, -0.25) is 4.99 Å². The maximum Gasteiger partial charge on any atom is 0.162 e. The van der Waals surface area contributed by atoms with Crippen molar-refractivity contribution >= 4 is 34.0 Å². The maximum atomic E-state index is 6.14. The number of benzene rings is 3. The van der Waals surface area contributed by atoms with E-state index in [-0.39, 0.29) is 12.4 Å². The van der Waals surface area contributed by atoms with Crippen molar-refractivity contribution in [1.82, 2.24) is 0 Å². The van der Waals surface area contributed by atoms with Crippen LogP contribution in [-0.4, -0.2) is 33.6 Å². The quantitative estimate of drug-likeness (QED) is 0.354. The molecule has 33 heavy (non-hydrogen) atoms. The minimum absolute atomic E-state index is 0. The Morgan fingerprint density at radius 3 is 2.21 bits per heavy atom. The zero-order valence-electron chi connectivity index (χ0n) is 18.9. The molecule has 1 aliphatic heterocycles. The normalized spacial score (nSPS) is 12.2. The van der Waals surface area contributed by atoms with Crippen LogP contribution in [0.5, 0.6) is 23.0 Å². The van der Waals surface area contributed by atoms with Gasteiger partial charge in [0.1, 0.15) is 6.61 Å². The summed E-state index contributed by atoms with van der Waals surface area (Å²) in [5, 5.41) is 0. The number of ether oxygens (including phenoxy) is 4. The molecule has 7 heteroatoms. The molecule has 0 atom stereocenters. The lowest BCUT2D eigenvalue weighted by atomic mass is 9.93. The van der Waals surface area contributed by atoms with Crippen molar-refractivity contribution < 1.29 is 18.9 Å². The van der Waals surface area contributed by atoms with E-state index < -0.39 is 0 Å². The number of hydrogen-bond acceptors (Lipinski definition) is 5. The molecule has 0 radical (unpaired) electrons. The SMILES string of the molecule is COc1cc(Br)c(CC2=NCCc3cc(OC)c(OCc4ccccc4)cc32)cc1OC.Cl. The second kappa shape index (κ2) is 11.4. The maximum absolute atomic E-state index is 6.14. The summed E-state index contributed by atoms with van der Waals surface area (Å²) >= 11 is 3.67. The average molecular weight is 533 g/mol. The summed E-state index contributed by atoms with van der Waals surface area (Å²) in [4.78, 5) is 4.85. The van der Waals surface area contributed by atoms with Crippen LogP contribution in [0.4, 0.5) is 0 Å². The molecule has 3 aromatic rings. The van der Waals surface area contributed by atoms with Gasteiger partial charge in [-0.1, -0.05) is 46.3 Å². The summed E-state index contributed by atoms with van der Waals surface area (Å²) in [6.45, 7) is 1.23. The van der Waals surface area contributed by atoms with Crippen LogP contribution in [0.15, 0.2) is 64.1 Å². The van der Waals surface area contributed by atoms with Gasteiger partial charge in [-0.25, -0.2) is 0 Å². The molecule has 0 saturated heterocycles. The average Bonchev–Trinajstić information content (AvgIpc) is 2.83. The summed E-state index contributed by atoms with van der Waals surface area (Å²) in [6, 6.07) is 18.2. The molecule has 5 nitrogen and oxygen atoms in total. The lowest BCUT2D eigenvalue weighted by Gasteiger charge is -2.21. The minimum Gasteiger partial charge on any atom is -0.493 e. The van der Waals surface area contributed by atoms with Gasteiger partial charge in [0.2, 0.25) is 0 Å². The van der Waals surface area contributed by atoms with Gasteiger partial charge in [-0.2, -0.15) is 0 Å². The first-order chi connectivity index (χ1) is 15.6. The molecule has 0 aromatic heterocycles. The zero-order valence-corrected chi connectivity index (χ0v) is 21.3. The van der Waals surface area contributed by atoms with Gasteiger partial charge in [-0.05, 0) is 47.4 Å². The Bertz CT molecular complexity index is 1130. The smallest absolute Gasteiger partial charge is 0.162 e. The van der Waals surface area contributed by atoms with Crippen LogP contribution in [0.3, 0.4) is 0 Å². The summed E-state index contributed by atoms with van der Waals surface area (Å²) in [5.74, 6) is 2.85. The van der Waals surface area contributed by atoms with Gasteiger partial charge >= 0.3 is 0 Å². The molecule has 0 N–H and O–H groups in total. The summed E-state index contributed by atoms with van der Waals surface area (Å²) in [7, 11) is 4.96. The largest absolute Gasteiger partial charge is 0.493 e. The molecule has 0 spiro atoms. The Morgan fingerprint density at radius 2 is 1.52 bits per heavy atom. The molecular weight excluding hydrogens is 506 g/mol. The Labute approximate surface area is 209 Å². The number of hydrogen-bond donors (Lipinski definition) is 0. The second-order valence-electron chi connectivity index (χ2n) is 7.49. The minimum atomic E-state index is 0. The van der Waals surface area contributed by atoms with E-state index >= 15 is 0 Å². The molecule has 174 valence electrons. The van der Waals surface area contributed by atoms with Gasteiger partial charge in [0.25, 0.3) is 0 Å². The highest BCUT2D eigenvalue weighted by Gasteiger charge is 2.21. The van der Waals surface area contributed by atoms with Crippen LogP contribution < -0.4 is 18.9 Å². The first-order valence-corrected chi connectivity index (χ1v) is 11.2. The van der Waals surface area contributed by atoms with Crippen molar-refractivity contribution in [2.45, 2.75) is 19.4 Å². The third-order valence-electron chi connectivity index (χ3n) is 5.53. The first kappa shape index (κ1) is 24.9. The number of aliphatic imine (C=N–C) groups is 1. The standard InChI is InChI=1S/C26H26BrNO4.ClH/c1-29-23-13-19(21(27)15-25(23)31-3)11-22-20-14-26(32-16-17-7-5-4-6-8-17)24(30-2)12-18(20)9-10-28-22;/h4-8,12-15H,9-11,16H2,1-3H3;1H. The topological polar surface area (TPSA) is 49.3 Å². The van der Waals surface area contributed by atoms with Crippen molar-refractivity contribution in [3.05, 3.63) is 81.3 Å². The Morgan fingerprint density at radius 1 is 0.848 bits per heavy atom. The molecule has 0 fully saturated rings. The highest BCUT2D eigenvalue weighted by molar-refractivity contribution is 9.10. The molecule has 0 saturated carbocycles. The summed E-state index contributed by atoms with van der Waals surface area (Å²) in [6.07, 6.45) is 1.54. The van der Waals surface area contributed by atoms with E-state index in [1.54, 1.807) is 21.3 Å². The molecule has 3 aromatic carbocycles. The molecule has 0 unspecified atom stereocenters. The van der Waals surface area contributed by atoms with Crippen LogP contribution >= 0.6 is 28.3 Å². The van der Waals surface area contributed by atoms with Crippen LogP contribution in [0.1, 0.15) is 22.3 Å². The van der Waals surface area contributed by atoms with Crippen molar-refractivity contribution in [3.63, 3.8) is 0 Å². The molecule has 1 aliphatic rings. The van der Waals surface area contributed by atoms with Crippen LogP contribution in [-0.2, 0) is 19.4 Å². The number of methoxy groups -OCH3 is 3. The predicted molar refractivity (Wildman–Crippen MR) is 137 cm³/mol. The van der Waals surface area contributed by atoms with Crippen molar-refractivity contribution in [2.75, 3.05) is 27.9 Å². The lowest BCUT2D eigenvalue weighted by molar-refractivity contribution is 0.284. The second-order valence-corrected chi connectivity index (χ2v) is 8.34. The Kier molecular flexibility index (Phi) is 8.64. The van der Waals surface area contributed by atoms with Crippen LogP contribution in [0.25, 0.3) is 0 Å². The third kappa shape index (κ3) is 5.63. The van der Waals surface area contributed by atoms with Crippen molar-refractivity contribution in [1.29, 1.82) is 0 Å². The number of halogens is 2. The van der Waals surface area contributed by atoms with E-state index in [0.29, 0.717) is 24.5 Å². The monoisotopic (exact) mass is 531 g/mol. The molecule has 0 aliphatic carbocycles. The van der Waals surface area contributed by atoms with Gasteiger partial charge in [0.05, 0.1) is 21.3 Å². The number of nitrogens with zero attached hydrogens (tertiary/aromatic N) is 1. The van der Waals surface area contributed by atoms with Gasteiger partial charge in [0.15, 0.2) is 23.0 Å². The van der Waals surface area contributed by atoms with Crippen molar-refractivity contribution in [2.24, 2.45) is 4.99 Å². The number of fused-ring (bicyclic) bond motifs is 1. The number of rotatable bonds is 8. The highest BCUT2D eigenvalue weighted by atomic mass is 79.9. The third-order valence-corrected chi connectivity index (χ3v) is 6.27. The molecule has 4 rings (SSSR count). The van der Waals surface area contributed by atoms with Crippen LogP contribution in [0.2, 0.25) is 0 Å².